The molecular formula is C42H47N4OPt-. The summed E-state index contributed by atoms with van der Waals surface area (Å²) in [5, 5.41) is 10.3. The maximum Gasteiger partial charge on any atom is 0.148 e. The molecule has 0 amide bonds. The van der Waals surface area contributed by atoms with Gasteiger partial charge in [-0.1, -0.05) is 104 Å². The van der Waals surface area contributed by atoms with Crippen molar-refractivity contribution in [3.05, 3.63) is 138 Å². The van der Waals surface area contributed by atoms with Gasteiger partial charge in [-0.2, -0.15) is 0 Å². The van der Waals surface area contributed by atoms with E-state index >= 15 is 0 Å². The molecule has 0 aliphatic rings. The molecule has 0 bridgehead atoms. The van der Waals surface area contributed by atoms with E-state index in [1.54, 1.807) is 12.3 Å². The SMILES string of the molecule is CC(C)c1cccc(C(C)C)c1-n1ccnc1-c1[c-]cccc1.CC(C)c1cccc(C(C)C)c1-n1ccnc1-c1ccccc1O.[Pt]. The van der Waals surface area contributed by atoms with Gasteiger partial charge < -0.3 is 9.67 Å². The third-order valence-electron chi connectivity index (χ3n) is 8.54. The van der Waals surface area contributed by atoms with Crippen LogP contribution in [0.15, 0.2) is 110 Å². The average molecular weight is 819 g/mol. The van der Waals surface area contributed by atoms with Gasteiger partial charge in [-0.05, 0) is 58.1 Å². The van der Waals surface area contributed by atoms with Crippen molar-refractivity contribution in [2.75, 3.05) is 0 Å². The van der Waals surface area contributed by atoms with E-state index < -0.39 is 0 Å². The molecule has 0 saturated carbocycles. The Kier molecular flexibility index (Phi) is 12.4. The van der Waals surface area contributed by atoms with Crippen LogP contribution in [0.5, 0.6) is 5.75 Å². The van der Waals surface area contributed by atoms with Gasteiger partial charge in [-0.25, -0.2) is 4.98 Å². The van der Waals surface area contributed by atoms with Crippen LogP contribution in [0.2, 0.25) is 0 Å². The summed E-state index contributed by atoms with van der Waals surface area (Å²) in [6, 6.07) is 31.8. The molecular weight excluding hydrogens is 772 g/mol. The predicted molar refractivity (Wildman–Crippen MR) is 195 cm³/mol. The smallest absolute Gasteiger partial charge is 0.148 e. The van der Waals surface area contributed by atoms with Gasteiger partial charge in [0.15, 0.2) is 0 Å². The van der Waals surface area contributed by atoms with Gasteiger partial charge in [0.05, 0.1) is 17.1 Å². The number of nitrogens with zero attached hydrogens (tertiary/aromatic N) is 4. The number of phenolic OH excluding ortho intramolecular Hbond substituents is 1. The summed E-state index contributed by atoms with van der Waals surface area (Å²) in [7, 11) is 0. The topological polar surface area (TPSA) is 55.9 Å². The number of aromatic nitrogens is 4. The molecule has 0 unspecified atom stereocenters. The summed E-state index contributed by atoms with van der Waals surface area (Å²) >= 11 is 0. The molecule has 1 N–H and O–H groups in total. The van der Waals surface area contributed by atoms with Crippen LogP contribution in [0, 0.1) is 6.07 Å². The fourth-order valence-corrected chi connectivity index (χ4v) is 6.14. The van der Waals surface area contributed by atoms with Crippen molar-refractivity contribution in [3.63, 3.8) is 0 Å². The molecule has 0 radical (unpaired) electrons. The number of para-hydroxylation sites is 3. The first-order valence-electron chi connectivity index (χ1n) is 16.7. The van der Waals surface area contributed by atoms with Crippen molar-refractivity contribution >= 4 is 0 Å². The summed E-state index contributed by atoms with van der Waals surface area (Å²) in [5.74, 6) is 3.68. The molecule has 6 rings (SSSR count). The van der Waals surface area contributed by atoms with Gasteiger partial charge in [-0.3, -0.25) is 9.55 Å². The second-order valence-corrected chi connectivity index (χ2v) is 13.2. The Morgan fingerprint density at radius 1 is 0.542 bits per heavy atom. The van der Waals surface area contributed by atoms with Crippen LogP contribution in [0.4, 0.5) is 0 Å². The fourth-order valence-electron chi connectivity index (χ4n) is 6.14. The zero-order chi connectivity index (χ0) is 33.7. The molecule has 0 aliphatic carbocycles. The molecule has 2 aromatic heterocycles. The second-order valence-electron chi connectivity index (χ2n) is 13.2. The Hall–Kier alpha value is -4.21. The van der Waals surface area contributed by atoms with Crippen LogP contribution in [0.25, 0.3) is 34.2 Å². The average Bonchev–Trinajstić information content (AvgIpc) is 3.75. The largest absolute Gasteiger partial charge is 0.507 e. The minimum absolute atomic E-state index is 0. The molecule has 0 spiro atoms. The van der Waals surface area contributed by atoms with Gasteiger partial charge in [0, 0.05) is 51.5 Å². The van der Waals surface area contributed by atoms with E-state index in [1.165, 1.54) is 33.6 Å². The van der Waals surface area contributed by atoms with Crippen LogP contribution in [0.3, 0.4) is 0 Å². The Bertz CT molecular complexity index is 1870. The van der Waals surface area contributed by atoms with Gasteiger partial charge >= 0.3 is 0 Å². The van der Waals surface area contributed by atoms with E-state index in [4.69, 9.17) is 0 Å². The predicted octanol–water partition coefficient (Wildman–Crippen LogP) is 11.1. The Labute approximate surface area is 301 Å². The zero-order valence-electron chi connectivity index (χ0n) is 29.3. The number of benzene rings is 4. The monoisotopic (exact) mass is 818 g/mol. The number of rotatable bonds is 8. The summed E-state index contributed by atoms with van der Waals surface area (Å²) in [5.41, 5.74) is 9.49. The minimum atomic E-state index is 0. The van der Waals surface area contributed by atoms with Crippen molar-refractivity contribution in [2.24, 2.45) is 0 Å². The number of hydrogen-bond acceptors (Lipinski definition) is 3. The van der Waals surface area contributed by atoms with Crippen LogP contribution in [-0.4, -0.2) is 24.2 Å². The van der Waals surface area contributed by atoms with Crippen molar-refractivity contribution in [2.45, 2.75) is 79.1 Å². The van der Waals surface area contributed by atoms with E-state index in [-0.39, 0.29) is 26.8 Å². The second kappa shape index (κ2) is 16.3. The quantitative estimate of drug-likeness (QED) is 0.156. The molecule has 0 fully saturated rings. The maximum absolute atomic E-state index is 10.3. The van der Waals surface area contributed by atoms with E-state index in [0.717, 1.165) is 22.8 Å². The summed E-state index contributed by atoms with van der Waals surface area (Å²) < 4.78 is 4.33. The molecule has 4 aromatic carbocycles. The van der Waals surface area contributed by atoms with E-state index in [9.17, 15) is 5.11 Å². The van der Waals surface area contributed by atoms with Gasteiger partial charge in [0.1, 0.15) is 11.6 Å². The first-order valence-corrected chi connectivity index (χ1v) is 16.7. The summed E-state index contributed by atoms with van der Waals surface area (Å²) in [6.45, 7) is 17.8. The Balaban J connectivity index is 0.000000212. The molecule has 0 aliphatic heterocycles. The third-order valence-corrected chi connectivity index (χ3v) is 8.54. The van der Waals surface area contributed by atoms with Crippen molar-refractivity contribution in [1.29, 1.82) is 0 Å². The van der Waals surface area contributed by atoms with Crippen LogP contribution in [-0.2, 0) is 21.1 Å². The van der Waals surface area contributed by atoms with Crippen molar-refractivity contribution < 1.29 is 26.2 Å². The van der Waals surface area contributed by atoms with Crippen LogP contribution in [0.1, 0.15) is 101 Å². The fraction of sp³-hybridized carbons (Fsp3) is 0.286. The van der Waals surface area contributed by atoms with E-state index in [0.29, 0.717) is 23.7 Å². The normalized spacial score (nSPS) is 11.2. The standard InChI is InChI=1S/C21H24N2O.C21H23N2.Pt/c1-14(2)16-9-7-10-17(15(3)4)20(16)23-13-12-22-21(23)18-8-5-6-11-19(18)24;1-15(2)18-11-8-12-19(16(3)4)20(18)23-14-13-22-21(23)17-9-6-5-7-10-17;/h5-15,24H,1-4H3;5-9,11-16H,1-4H3;/q;-1;. The van der Waals surface area contributed by atoms with Crippen LogP contribution >= 0.6 is 0 Å². The molecule has 5 nitrogen and oxygen atoms in total. The van der Waals surface area contributed by atoms with E-state index in [2.05, 4.69) is 129 Å². The van der Waals surface area contributed by atoms with Gasteiger partial charge in [-0.15, -0.1) is 35.9 Å². The number of aromatic hydroxyl groups is 1. The van der Waals surface area contributed by atoms with Gasteiger partial charge in [0.25, 0.3) is 0 Å². The first-order chi connectivity index (χ1) is 22.6. The van der Waals surface area contributed by atoms with E-state index in [1.807, 2.05) is 48.8 Å². The first kappa shape index (κ1) is 36.6. The maximum atomic E-state index is 10.3. The molecule has 0 saturated heterocycles. The minimum Gasteiger partial charge on any atom is -0.507 e. The van der Waals surface area contributed by atoms with Crippen molar-refractivity contribution in [1.82, 2.24) is 19.1 Å². The van der Waals surface area contributed by atoms with Gasteiger partial charge in [0.2, 0.25) is 0 Å². The zero-order valence-corrected chi connectivity index (χ0v) is 31.5. The molecule has 252 valence electrons. The Morgan fingerprint density at radius 3 is 1.42 bits per heavy atom. The molecule has 6 aromatic rings. The summed E-state index contributed by atoms with van der Waals surface area (Å²) in [4.78, 5) is 9.12. The Morgan fingerprint density at radius 2 is 0.979 bits per heavy atom. The summed E-state index contributed by atoms with van der Waals surface area (Å²) in [6.07, 6.45) is 7.71. The number of hydrogen-bond donors (Lipinski definition) is 1. The molecule has 2 heterocycles. The van der Waals surface area contributed by atoms with Crippen molar-refractivity contribution in [3.8, 4) is 39.9 Å². The molecule has 6 heteroatoms. The molecule has 0 atom stereocenters. The molecule has 48 heavy (non-hydrogen) atoms. The van der Waals surface area contributed by atoms with Crippen LogP contribution < -0.4 is 0 Å². The number of phenols is 1. The third kappa shape index (κ3) is 7.74. The number of imidazole rings is 2.